The smallest absolute Gasteiger partial charge is 0.123 e. The molecule has 1 N–H and O–H groups in total. The van der Waals surface area contributed by atoms with Crippen LogP contribution < -0.4 is 0 Å². The van der Waals surface area contributed by atoms with Crippen molar-refractivity contribution in [3.8, 4) is 0 Å². The van der Waals surface area contributed by atoms with Crippen LogP contribution in [0.15, 0.2) is 24.3 Å². The highest BCUT2D eigenvalue weighted by molar-refractivity contribution is 5.25. The fourth-order valence-corrected chi connectivity index (χ4v) is 1.44. The lowest BCUT2D eigenvalue weighted by Gasteiger charge is -2.30. The Morgan fingerprint density at radius 1 is 1.33 bits per heavy atom. The largest absolute Gasteiger partial charge is 0.390 e. The van der Waals surface area contributed by atoms with Crippen molar-refractivity contribution in [1.29, 1.82) is 0 Å². The summed E-state index contributed by atoms with van der Waals surface area (Å²) in [7, 11) is 1.55. The van der Waals surface area contributed by atoms with Gasteiger partial charge >= 0.3 is 0 Å². The SMILES string of the molecule is COCC(O)C(C)(C)c1ccc(F)cc1. The fraction of sp³-hybridized carbons (Fsp3) is 0.500. The predicted molar refractivity (Wildman–Crippen MR) is 57.3 cm³/mol. The molecule has 0 amide bonds. The van der Waals surface area contributed by atoms with Gasteiger partial charge in [-0.2, -0.15) is 0 Å². The van der Waals surface area contributed by atoms with Crippen molar-refractivity contribution in [1.82, 2.24) is 0 Å². The molecule has 0 aliphatic carbocycles. The normalized spacial score (nSPS) is 13.9. The van der Waals surface area contributed by atoms with Crippen LogP contribution >= 0.6 is 0 Å². The van der Waals surface area contributed by atoms with Crippen LogP contribution in [0.5, 0.6) is 0 Å². The maximum Gasteiger partial charge on any atom is 0.123 e. The molecule has 0 saturated heterocycles. The Hall–Kier alpha value is -0.930. The van der Waals surface area contributed by atoms with Crippen molar-refractivity contribution < 1.29 is 14.2 Å². The predicted octanol–water partition coefficient (Wildman–Crippen LogP) is 2.11. The Morgan fingerprint density at radius 2 is 1.87 bits per heavy atom. The third-order valence-corrected chi connectivity index (χ3v) is 2.75. The van der Waals surface area contributed by atoms with Gasteiger partial charge in [0.15, 0.2) is 0 Å². The molecule has 0 saturated carbocycles. The molecular weight excluding hydrogens is 195 g/mol. The van der Waals surface area contributed by atoms with Gasteiger partial charge in [-0.25, -0.2) is 4.39 Å². The molecule has 1 aromatic carbocycles. The van der Waals surface area contributed by atoms with Crippen LogP contribution in [-0.4, -0.2) is 24.9 Å². The summed E-state index contributed by atoms with van der Waals surface area (Å²) in [5, 5.41) is 9.88. The molecule has 0 spiro atoms. The van der Waals surface area contributed by atoms with E-state index < -0.39 is 11.5 Å². The van der Waals surface area contributed by atoms with Crippen molar-refractivity contribution >= 4 is 0 Å². The summed E-state index contributed by atoms with van der Waals surface area (Å²) in [5.74, 6) is -0.268. The molecule has 84 valence electrons. The van der Waals surface area contributed by atoms with Gasteiger partial charge in [0, 0.05) is 12.5 Å². The molecule has 0 radical (unpaired) electrons. The van der Waals surface area contributed by atoms with E-state index in [1.165, 1.54) is 12.1 Å². The molecule has 1 unspecified atom stereocenters. The average molecular weight is 212 g/mol. The molecule has 15 heavy (non-hydrogen) atoms. The van der Waals surface area contributed by atoms with E-state index in [-0.39, 0.29) is 12.4 Å². The number of aliphatic hydroxyl groups is 1. The number of rotatable bonds is 4. The van der Waals surface area contributed by atoms with Crippen LogP contribution in [0.3, 0.4) is 0 Å². The lowest BCUT2D eigenvalue weighted by atomic mass is 9.79. The second kappa shape index (κ2) is 4.73. The summed E-state index contributed by atoms with van der Waals surface area (Å²) in [6.45, 7) is 4.08. The van der Waals surface area contributed by atoms with Gasteiger partial charge in [-0.15, -0.1) is 0 Å². The molecule has 0 aliphatic heterocycles. The molecule has 2 nitrogen and oxygen atoms in total. The summed E-state index contributed by atoms with van der Waals surface area (Å²) in [6, 6.07) is 6.18. The topological polar surface area (TPSA) is 29.5 Å². The number of ether oxygens (including phenoxy) is 1. The highest BCUT2D eigenvalue weighted by atomic mass is 19.1. The minimum Gasteiger partial charge on any atom is -0.390 e. The Morgan fingerprint density at radius 3 is 2.33 bits per heavy atom. The second-order valence-electron chi connectivity index (χ2n) is 4.20. The highest BCUT2D eigenvalue weighted by Crippen LogP contribution is 2.27. The van der Waals surface area contributed by atoms with Crippen LogP contribution in [-0.2, 0) is 10.2 Å². The molecule has 0 aromatic heterocycles. The summed E-state index contributed by atoms with van der Waals surface area (Å²) < 4.78 is 17.6. The van der Waals surface area contributed by atoms with Crippen LogP contribution in [0.4, 0.5) is 4.39 Å². The Kier molecular flexibility index (Phi) is 3.83. The zero-order chi connectivity index (χ0) is 11.5. The molecule has 3 heteroatoms. The van der Waals surface area contributed by atoms with Crippen molar-refractivity contribution in [2.75, 3.05) is 13.7 Å². The van der Waals surface area contributed by atoms with Gasteiger partial charge in [0.1, 0.15) is 5.82 Å². The number of benzene rings is 1. The van der Waals surface area contributed by atoms with Crippen LogP contribution in [0.1, 0.15) is 19.4 Å². The van der Waals surface area contributed by atoms with E-state index >= 15 is 0 Å². The average Bonchev–Trinajstić information content (AvgIpc) is 2.18. The van der Waals surface area contributed by atoms with Crippen molar-refractivity contribution in [3.05, 3.63) is 35.6 Å². The molecule has 0 fully saturated rings. The monoisotopic (exact) mass is 212 g/mol. The zero-order valence-electron chi connectivity index (χ0n) is 9.33. The first-order chi connectivity index (χ1) is 6.98. The van der Waals surface area contributed by atoms with Gasteiger partial charge in [-0.3, -0.25) is 0 Å². The Balaban J connectivity index is 2.89. The van der Waals surface area contributed by atoms with Gasteiger partial charge in [-0.1, -0.05) is 26.0 Å². The number of hydrogen-bond acceptors (Lipinski definition) is 2. The van der Waals surface area contributed by atoms with E-state index in [1.54, 1.807) is 19.2 Å². The summed E-state index contributed by atoms with van der Waals surface area (Å²) in [4.78, 5) is 0. The van der Waals surface area contributed by atoms with Crippen LogP contribution in [0, 0.1) is 5.82 Å². The van der Waals surface area contributed by atoms with Gasteiger partial charge in [0.05, 0.1) is 12.7 Å². The summed E-state index contributed by atoms with van der Waals surface area (Å²) in [6.07, 6.45) is -0.604. The Labute approximate surface area is 89.7 Å². The van der Waals surface area contributed by atoms with E-state index in [0.29, 0.717) is 0 Å². The highest BCUT2D eigenvalue weighted by Gasteiger charge is 2.29. The van der Waals surface area contributed by atoms with Crippen molar-refractivity contribution in [3.63, 3.8) is 0 Å². The summed E-state index contributed by atoms with van der Waals surface area (Å²) in [5.41, 5.74) is 0.456. The first kappa shape index (κ1) is 12.1. The van der Waals surface area contributed by atoms with Gasteiger partial charge in [0.25, 0.3) is 0 Å². The molecule has 0 bridgehead atoms. The van der Waals surface area contributed by atoms with Crippen LogP contribution in [0.25, 0.3) is 0 Å². The maximum absolute atomic E-state index is 12.7. The third-order valence-electron chi connectivity index (χ3n) is 2.75. The first-order valence-corrected chi connectivity index (χ1v) is 4.91. The maximum atomic E-state index is 12.7. The first-order valence-electron chi connectivity index (χ1n) is 4.91. The zero-order valence-corrected chi connectivity index (χ0v) is 9.33. The van der Waals surface area contributed by atoms with E-state index in [1.807, 2.05) is 13.8 Å². The van der Waals surface area contributed by atoms with E-state index in [2.05, 4.69) is 0 Å². The number of aliphatic hydroxyl groups excluding tert-OH is 1. The lowest BCUT2D eigenvalue weighted by molar-refractivity contribution is 0.0201. The second-order valence-corrected chi connectivity index (χ2v) is 4.20. The van der Waals surface area contributed by atoms with E-state index in [0.717, 1.165) is 5.56 Å². The summed E-state index contributed by atoms with van der Waals surface area (Å²) >= 11 is 0. The molecular formula is C12H17FO2. The molecule has 0 heterocycles. The van der Waals surface area contributed by atoms with Gasteiger partial charge in [-0.05, 0) is 17.7 Å². The van der Waals surface area contributed by atoms with Gasteiger partial charge in [0.2, 0.25) is 0 Å². The molecule has 0 aliphatic rings. The number of methoxy groups -OCH3 is 1. The lowest BCUT2D eigenvalue weighted by Crippen LogP contribution is -2.36. The molecule has 1 aromatic rings. The van der Waals surface area contributed by atoms with Crippen LogP contribution in [0.2, 0.25) is 0 Å². The number of hydrogen-bond donors (Lipinski definition) is 1. The van der Waals surface area contributed by atoms with Gasteiger partial charge < -0.3 is 9.84 Å². The van der Waals surface area contributed by atoms with E-state index in [4.69, 9.17) is 4.74 Å². The minimum absolute atomic E-state index is 0.268. The quantitative estimate of drug-likeness (QED) is 0.828. The third kappa shape index (κ3) is 2.76. The number of halogens is 1. The van der Waals surface area contributed by atoms with Crippen molar-refractivity contribution in [2.24, 2.45) is 0 Å². The Bertz CT molecular complexity index is 306. The van der Waals surface area contributed by atoms with Crippen molar-refractivity contribution in [2.45, 2.75) is 25.4 Å². The van der Waals surface area contributed by atoms with E-state index in [9.17, 15) is 9.50 Å². The standard InChI is InChI=1S/C12H17FO2/c1-12(2,11(14)8-15-3)9-4-6-10(13)7-5-9/h4-7,11,14H,8H2,1-3H3. The molecule has 1 atom stereocenters. The molecule has 1 rings (SSSR count). The minimum atomic E-state index is -0.604. The fourth-order valence-electron chi connectivity index (χ4n) is 1.44.